The lowest BCUT2D eigenvalue weighted by atomic mass is 10.1. The van der Waals surface area contributed by atoms with E-state index in [1.807, 2.05) is 6.20 Å². The second-order valence-corrected chi connectivity index (χ2v) is 4.09. The van der Waals surface area contributed by atoms with Gasteiger partial charge < -0.3 is 0 Å². The van der Waals surface area contributed by atoms with Crippen LogP contribution in [0.1, 0.15) is 12.6 Å². The summed E-state index contributed by atoms with van der Waals surface area (Å²) < 4.78 is 3.44. The number of halogens is 1. The van der Waals surface area contributed by atoms with Crippen LogP contribution in [0, 0.1) is 9.49 Å². The first kappa shape index (κ1) is 6.64. The molecule has 1 aromatic heterocycles. The fraction of sp³-hybridized carbons (Fsp3) is 0.571. The van der Waals surface area contributed by atoms with Gasteiger partial charge in [0.15, 0.2) is 0 Å². The van der Waals surface area contributed by atoms with E-state index >= 15 is 0 Å². The molecule has 0 spiro atoms. The molecule has 0 aromatic carbocycles. The number of rotatable bonds is 0. The van der Waals surface area contributed by atoms with Gasteiger partial charge in [0.2, 0.25) is 0 Å². The summed E-state index contributed by atoms with van der Waals surface area (Å²) in [5, 5.41) is 4.26. The van der Waals surface area contributed by atoms with Gasteiger partial charge in [0.1, 0.15) is 0 Å². The van der Waals surface area contributed by atoms with E-state index in [1.54, 1.807) is 0 Å². The highest BCUT2D eigenvalue weighted by atomic mass is 127. The van der Waals surface area contributed by atoms with E-state index in [2.05, 4.69) is 39.3 Å². The van der Waals surface area contributed by atoms with Crippen molar-refractivity contribution in [3.05, 3.63) is 15.5 Å². The molecule has 1 atom stereocenters. The summed E-state index contributed by atoms with van der Waals surface area (Å²) >= 11 is 2.35. The Bertz CT molecular complexity index is 254. The SMILES string of the molecule is CC1Cc2c(I)cnn2C1. The van der Waals surface area contributed by atoms with Crippen molar-refractivity contribution in [3.63, 3.8) is 0 Å². The molecule has 10 heavy (non-hydrogen) atoms. The second kappa shape index (κ2) is 2.22. The highest BCUT2D eigenvalue weighted by molar-refractivity contribution is 14.1. The van der Waals surface area contributed by atoms with Gasteiger partial charge in [-0.2, -0.15) is 5.10 Å². The van der Waals surface area contributed by atoms with Crippen LogP contribution in [0.15, 0.2) is 6.20 Å². The van der Waals surface area contributed by atoms with E-state index in [0.29, 0.717) is 0 Å². The molecule has 54 valence electrons. The molecule has 0 fully saturated rings. The molecule has 0 saturated carbocycles. The first-order chi connectivity index (χ1) is 4.77. The minimum Gasteiger partial charge on any atom is -0.268 e. The lowest BCUT2D eigenvalue weighted by Crippen LogP contribution is -1.98. The Balaban J connectivity index is 2.44. The van der Waals surface area contributed by atoms with E-state index in [-0.39, 0.29) is 0 Å². The maximum absolute atomic E-state index is 4.26. The summed E-state index contributed by atoms with van der Waals surface area (Å²) in [6, 6.07) is 0. The molecule has 0 aliphatic carbocycles. The van der Waals surface area contributed by atoms with Gasteiger partial charge in [-0.05, 0) is 34.9 Å². The summed E-state index contributed by atoms with van der Waals surface area (Å²) in [6.45, 7) is 3.38. The van der Waals surface area contributed by atoms with Crippen LogP contribution in [0.3, 0.4) is 0 Å². The summed E-state index contributed by atoms with van der Waals surface area (Å²) in [6.07, 6.45) is 3.15. The minimum atomic E-state index is 0.789. The number of nitrogens with zero attached hydrogens (tertiary/aromatic N) is 2. The maximum atomic E-state index is 4.26. The first-order valence-corrected chi connectivity index (χ1v) is 4.55. The fourth-order valence-corrected chi connectivity index (χ4v) is 2.06. The Kier molecular flexibility index (Phi) is 1.47. The zero-order chi connectivity index (χ0) is 7.14. The van der Waals surface area contributed by atoms with E-state index in [4.69, 9.17) is 0 Å². The molecule has 2 nitrogen and oxygen atoms in total. The third-order valence-corrected chi connectivity index (χ3v) is 2.83. The predicted molar refractivity (Wildman–Crippen MR) is 47.8 cm³/mol. The van der Waals surface area contributed by atoms with Crippen molar-refractivity contribution in [1.82, 2.24) is 9.78 Å². The van der Waals surface area contributed by atoms with Crippen molar-refractivity contribution >= 4 is 22.6 Å². The van der Waals surface area contributed by atoms with E-state index in [9.17, 15) is 0 Å². The van der Waals surface area contributed by atoms with Crippen LogP contribution in [0.25, 0.3) is 0 Å². The molecule has 0 amide bonds. The van der Waals surface area contributed by atoms with Crippen LogP contribution in [-0.4, -0.2) is 9.78 Å². The molecular formula is C7H9IN2. The molecule has 3 heteroatoms. The van der Waals surface area contributed by atoms with E-state index in [0.717, 1.165) is 12.5 Å². The van der Waals surface area contributed by atoms with Crippen LogP contribution in [0.2, 0.25) is 0 Å². The smallest absolute Gasteiger partial charge is 0.0626 e. The number of hydrogen-bond donors (Lipinski definition) is 0. The number of hydrogen-bond acceptors (Lipinski definition) is 1. The molecule has 2 rings (SSSR count). The fourth-order valence-electron chi connectivity index (χ4n) is 1.44. The summed E-state index contributed by atoms with van der Waals surface area (Å²) in [4.78, 5) is 0. The zero-order valence-electron chi connectivity index (χ0n) is 5.84. The molecule has 0 N–H and O–H groups in total. The number of fused-ring (bicyclic) bond motifs is 1. The van der Waals surface area contributed by atoms with Gasteiger partial charge in [0.25, 0.3) is 0 Å². The maximum Gasteiger partial charge on any atom is 0.0626 e. The Labute approximate surface area is 73.8 Å². The Morgan fingerprint density at radius 1 is 1.80 bits per heavy atom. The summed E-state index contributed by atoms with van der Waals surface area (Å²) in [7, 11) is 0. The standard InChI is InChI=1S/C7H9IN2/c1-5-2-7-6(8)3-9-10(7)4-5/h3,5H,2,4H2,1H3. The summed E-state index contributed by atoms with van der Waals surface area (Å²) in [5.41, 5.74) is 1.42. The largest absolute Gasteiger partial charge is 0.268 e. The highest BCUT2D eigenvalue weighted by Crippen LogP contribution is 2.23. The lowest BCUT2D eigenvalue weighted by Gasteiger charge is -1.94. The molecule has 1 unspecified atom stereocenters. The van der Waals surface area contributed by atoms with Gasteiger partial charge in [-0.1, -0.05) is 6.92 Å². The average Bonchev–Trinajstić information content (AvgIpc) is 2.35. The molecule has 1 aliphatic rings. The van der Waals surface area contributed by atoms with E-state index in [1.165, 1.54) is 15.7 Å². The average molecular weight is 248 g/mol. The van der Waals surface area contributed by atoms with Gasteiger partial charge in [-0.3, -0.25) is 4.68 Å². The zero-order valence-corrected chi connectivity index (χ0v) is 8.00. The van der Waals surface area contributed by atoms with Gasteiger partial charge in [0.05, 0.1) is 15.5 Å². The molecule has 0 radical (unpaired) electrons. The monoisotopic (exact) mass is 248 g/mol. The van der Waals surface area contributed by atoms with Gasteiger partial charge >= 0.3 is 0 Å². The number of aromatic nitrogens is 2. The normalized spacial score (nSPS) is 23.2. The molecule has 1 aromatic rings. The van der Waals surface area contributed by atoms with Crippen molar-refractivity contribution in [2.24, 2.45) is 5.92 Å². The lowest BCUT2D eigenvalue weighted by molar-refractivity contribution is 0.529. The van der Waals surface area contributed by atoms with Gasteiger partial charge in [-0.25, -0.2) is 0 Å². The Hall–Kier alpha value is -0.0600. The Morgan fingerprint density at radius 2 is 2.60 bits per heavy atom. The van der Waals surface area contributed by atoms with Crippen LogP contribution in [0.4, 0.5) is 0 Å². The first-order valence-electron chi connectivity index (χ1n) is 3.47. The Morgan fingerprint density at radius 3 is 3.30 bits per heavy atom. The second-order valence-electron chi connectivity index (χ2n) is 2.93. The van der Waals surface area contributed by atoms with Crippen molar-refractivity contribution in [3.8, 4) is 0 Å². The predicted octanol–water partition coefficient (Wildman–Crippen LogP) is 1.68. The molecule has 2 heterocycles. The van der Waals surface area contributed by atoms with E-state index < -0.39 is 0 Å². The third kappa shape index (κ3) is 0.872. The van der Waals surface area contributed by atoms with Crippen molar-refractivity contribution in [2.75, 3.05) is 0 Å². The van der Waals surface area contributed by atoms with Crippen molar-refractivity contribution in [1.29, 1.82) is 0 Å². The van der Waals surface area contributed by atoms with Crippen LogP contribution < -0.4 is 0 Å². The van der Waals surface area contributed by atoms with Crippen LogP contribution in [-0.2, 0) is 13.0 Å². The van der Waals surface area contributed by atoms with Crippen LogP contribution in [0.5, 0.6) is 0 Å². The molecule has 0 bridgehead atoms. The molecular weight excluding hydrogens is 239 g/mol. The van der Waals surface area contributed by atoms with Crippen molar-refractivity contribution < 1.29 is 0 Å². The van der Waals surface area contributed by atoms with Gasteiger partial charge in [-0.15, -0.1) is 0 Å². The molecule has 1 aliphatic heterocycles. The van der Waals surface area contributed by atoms with Crippen LogP contribution >= 0.6 is 22.6 Å². The van der Waals surface area contributed by atoms with Crippen molar-refractivity contribution in [2.45, 2.75) is 19.9 Å². The summed E-state index contributed by atoms with van der Waals surface area (Å²) in [5.74, 6) is 0.789. The minimum absolute atomic E-state index is 0.789. The highest BCUT2D eigenvalue weighted by Gasteiger charge is 2.20. The molecule has 0 saturated heterocycles. The topological polar surface area (TPSA) is 17.8 Å². The third-order valence-electron chi connectivity index (χ3n) is 1.92. The quantitative estimate of drug-likeness (QED) is 0.639. The van der Waals surface area contributed by atoms with Gasteiger partial charge in [0, 0.05) is 6.54 Å².